The highest BCUT2D eigenvalue weighted by atomic mass is 32.2. The van der Waals surface area contributed by atoms with E-state index in [0.717, 1.165) is 97.6 Å². The molecule has 12 heteroatoms. The van der Waals surface area contributed by atoms with Crippen LogP contribution >= 0.6 is 48.0 Å². The van der Waals surface area contributed by atoms with Gasteiger partial charge >= 0.3 is 0 Å². The highest BCUT2D eigenvalue weighted by Gasteiger charge is 2.53. The smallest absolute Gasteiger partial charge is 0.267 e. The SMILES string of the molecule is O=C(CCCN1C(=O)/C(=C2\SC(=S)N(CCCC(=O)NC34CC5CC(CC(C5)C3)C4)C2=O)SC1=S)NC12CC3CC(CC(C3)C1)C2. The van der Waals surface area contributed by atoms with Crippen LogP contribution in [-0.4, -0.2) is 66.2 Å². The fraction of sp³-hybridized carbons (Fsp3) is 0.765. The monoisotopic (exact) mass is 700 g/mol. The summed E-state index contributed by atoms with van der Waals surface area (Å²) in [5.41, 5.74) is -0.0265. The van der Waals surface area contributed by atoms with Crippen molar-refractivity contribution in [2.75, 3.05) is 13.1 Å². The predicted molar refractivity (Wildman–Crippen MR) is 187 cm³/mol. The first-order chi connectivity index (χ1) is 22.1. The maximum absolute atomic E-state index is 13.4. The van der Waals surface area contributed by atoms with Gasteiger partial charge in [-0.3, -0.25) is 29.0 Å². The first kappa shape index (κ1) is 31.7. The molecular weight excluding hydrogens is 657 g/mol. The van der Waals surface area contributed by atoms with Crippen LogP contribution in [0, 0.1) is 35.5 Å². The van der Waals surface area contributed by atoms with Gasteiger partial charge in [0.05, 0.1) is 9.81 Å². The molecular formula is C34H44N4O4S4. The Morgan fingerprint density at radius 2 is 0.913 bits per heavy atom. The molecule has 10 fully saturated rings. The number of thiocarbonyl (C=S) groups is 2. The molecule has 10 rings (SSSR count). The van der Waals surface area contributed by atoms with E-state index >= 15 is 0 Å². The van der Waals surface area contributed by atoms with Crippen molar-refractivity contribution in [2.45, 2.75) is 114 Å². The van der Waals surface area contributed by atoms with Crippen molar-refractivity contribution in [3.05, 3.63) is 9.81 Å². The Labute approximate surface area is 290 Å². The van der Waals surface area contributed by atoms with E-state index in [4.69, 9.17) is 24.4 Å². The Balaban J connectivity index is 0.812. The van der Waals surface area contributed by atoms with Gasteiger partial charge in [0.15, 0.2) is 0 Å². The Morgan fingerprint density at radius 1 is 0.609 bits per heavy atom. The van der Waals surface area contributed by atoms with Gasteiger partial charge in [-0.15, -0.1) is 0 Å². The summed E-state index contributed by atoms with van der Waals surface area (Å²) in [6, 6.07) is 0. The average Bonchev–Trinajstić information content (AvgIpc) is 3.39. The molecule has 46 heavy (non-hydrogen) atoms. The third-order valence-electron chi connectivity index (χ3n) is 12.4. The third-order valence-corrected chi connectivity index (χ3v) is 15.4. The number of amides is 4. The van der Waals surface area contributed by atoms with Crippen molar-refractivity contribution >= 4 is 80.2 Å². The lowest BCUT2D eigenvalue weighted by molar-refractivity contribution is -0.128. The molecule has 0 spiro atoms. The number of rotatable bonds is 10. The number of hydrogen-bond acceptors (Lipinski definition) is 8. The number of carbonyl (C=O) groups excluding carboxylic acids is 4. The normalized spacial score (nSPS) is 40.5. The quantitative estimate of drug-likeness (QED) is 0.223. The maximum atomic E-state index is 13.4. The van der Waals surface area contributed by atoms with E-state index in [1.54, 1.807) is 0 Å². The van der Waals surface area contributed by atoms with Crippen LogP contribution in [0.1, 0.15) is 103 Å². The number of nitrogens with zero attached hydrogens (tertiary/aromatic N) is 2. The van der Waals surface area contributed by atoms with E-state index < -0.39 is 0 Å². The van der Waals surface area contributed by atoms with E-state index in [0.29, 0.717) is 57.2 Å². The summed E-state index contributed by atoms with van der Waals surface area (Å²) < 4.78 is 0.821. The lowest BCUT2D eigenvalue weighted by Crippen LogP contribution is -2.59. The first-order valence-corrected chi connectivity index (χ1v) is 19.9. The van der Waals surface area contributed by atoms with Crippen molar-refractivity contribution in [3.63, 3.8) is 0 Å². The second-order valence-corrected chi connectivity index (χ2v) is 19.3. The fourth-order valence-corrected chi connectivity index (χ4v) is 14.3. The number of hydrogen-bond donors (Lipinski definition) is 2. The van der Waals surface area contributed by atoms with Gasteiger partial charge in [-0.1, -0.05) is 48.0 Å². The summed E-state index contributed by atoms with van der Waals surface area (Å²) in [4.78, 5) is 56.5. The molecule has 0 aromatic rings. The molecule has 2 saturated heterocycles. The van der Waals surface area contributed by atoms with Gasteiger partial charge < -0.3 is 10.6 Å². The molecule has 0 radical (unpaired) electrons. The summed E-state index contributed by atoms with van der Waals surface area (Å²) in [5, 5.41) is 6.83. The van der Waals surface area contributed by atoms with Crippen molar-refractivity contribution in [1.82, 2.24) is 20.4 Å². The Morgan fingerprint density at radius 3 is 1.22 bits per heavy atom. The van der Waals surface area contributed by atoms with Crippen LogP contribution in [0.3, 0.4) is 0 Å². The topological polar surface area (TPSA) is 98.8 Å². The van der Waals surface area contributed by atoms with E-state index in [9.17, 15) is 19.2 Å². The van der Waals surface area contributed by atoms with Crippen molar-refractivity contribution in [2.24, 2.45) is 35.5 Å². The molecule has 2 N–H and O–H groups in total. The zero-order valence-electron chi connectivity index (χ0n) is 26.4. The van der Waals surface area contributed by atoms with E-state index in [-0.39, 0.29) is 34.7 Å². The van der Waals surface area contributed by atoms with Crippen LogP contribution in [0.5, 0.6) is 0 Å². The first-order valence-electron chi connectivity index (χ1n) is 17.5. The van der Waals surface area contributed by atoms with Gasteiger partial charge in [-0.2, -0.15) is 0 Å². The summed E-state index contributed by atoms with van der Waals surface area (Å²) >= 11 is 13.4. The summed E-state index contributed by atoms with van der Waals surface area (Å²) in [7, 11) is 0. The van der Waals surface area contributed by atoms with Crippen LogP contribution < -0.4 is 10.6 Å². The minimum Gasteiger partial charge on any atom is -0.351 e. The largest absolute Gasteiger partial charge is 0.351 e. The molecule has 0 atom stereocenters. The second kappa shape index (κ2) is 12.1. The average molecular weight is 701 g/mol. The summed E-state index contributed by atoms with van der Waals surface area (Å²) in [6.07, 6.45) is 16.5. The Bertz CT molecular complexity index is 1250. The molecule has 0 unspecified atom stereocenters. The van der Waals surface area contributed by atoms with E-state index in [2.05, 4.69) is 10.6 Å². The molecule has 0 aromatic heterocycles. The number of nitrogens with one attached hydrogen (secondary N) is 2. The van der Waals surface area contributed by atoms with Crippen molar-refractivity contribution < 1.29 is 19.2 Å². The van der Waals surface area contributed by atoms with Crippen molar-refractivity contribution in [3.8, 4) is 0 Å². The van der Waals surface area contributed by atoms with Crippen LogP contribution in [-0.2, 0) is 19.2 Å². The third kappa shape index (κ3) is 5.99. The Hall–Kier alpha value is -1.50. The molecule has 8 nitrogen and oxygen atoms in total. The molecule has 4 amide bonds. The molecule has 248 valence electrons. The van der Waals surface area contributed by atoms with Crippen LogP contribution in [0.15, 0.2) is 9.81 Å². The van der Waals surface area contributed by atoms with E-state index in [1.807, 2.05) is 0 Å². The number of thioether (sulfide) groups is 2. The molecule has 2 aliphatic heterocycles. The molecule has 10 aliphatic rings. The zero-order valence-corrected chi connectivity index (χ0v) is 29.6. The standard InChI is InChI=1S/C34H44N4O4S4/c39-25(35-33-13-19-7-20(14-33)9-21(8-19)15-33)3-1-5-37-29(41)27(45-31(37)43)28-30(42)38(32(44)46-28)6-2-4-26(40)36-34-16-22-10-23(17-34)12-24(11-22)18-34/h19-24H,1-18H2,(H,35,39)(H,36,40)/b28-27+. The highest BCUT2D eigenvalue weighted by Crippen LogP contribution is 2.57. The molecule has 8 bridgehead atoms. The van der Waals surface area contributed by atoms with Gasteiger partial charge in [-0.25, -0.2) is 0 Å². The lowest BCUT2D eigenvalue weighted by atomic mass is 9.53. The number of carbonyl (C=O) groups is 4. The lowest BCUT2D eigenvalue weighted by Gasteiger charge is -2.57. The fourth-order valence-electron chi connectivity index (χ4n) is 11.5. The molecule has 8 saturated carbocycles. The van der Waals surface area contributed by atoms with Gasteiger partial charge in [0.1, 0.15) is 8.64 Å². The molecule has 0 aromatic carbocycles. The second-order valence-electron chi connectivity index (χ2n) is 16.0. The van der Waals surface area contributed by atoms with Gasteiger partial charge in [0.2, 0.25) is 11.8 Å². The zero-order chi connectivity index (χ0) is 31.8. The van der Waals surface area contributed by atoms with Gasteiger partial charge in [0, 0.05) is 37.0 Å². The van der Waals surface area contributed by atoms with Crippen LogP contribution in [0.4, 0.5) is 0 Å². The minimum absolute atomic E-state index is 0.0133. The minimum atomic E-state index is -0.285. The van der Waals surface area contributed by atoms with Crippen LogP contribution in [0.2, 0.25) is 0 Å². The molecule has 8 aliphatic carbocycles. The van der Waals surface area contributed by atoms with E-state index in [1.165, 1.54) is 48.3 Å². The maximum Gasteiger partial charge on any atom is 0.267 e. The molecule has 2 heterocycles. The Kier molecular flexibility index (Phi) is 8.37. The summed E-state index contributed by atoms with van der Waals surface area (Å²) in [6.45, 7) is 0.698. The van der Waals surface area contributed by atoms with Crippen molar-refractivity contribution in [1.29, 1.82) is 0 Å². The van der Waals surface area contributed by atoms with Crippen LogP contribution in [0.25, 0.3) is 0 Å². The van der Waals surface area contributed by atoms with Gasteiger partial charge in [-0.05, 0) is 125 Å². The summed E-state index contributed by atoms with van der Waals surface area (Å²) in [5.74, 6) is 4.18. The van der Waals surface area contributed by atoms with Gasteiger partial charge in [0.25, 0.3) is 11.8 Å². The predicted octanol–water partition coefficient (Wildman–Crippen LogP) is 5.65. The highest BCUT2D eigenvalue weighted by molar-refractivity contribution is 8.29.